The number of Topliss-reactive ketones (excluding diaryl/α,β-unsaturated/α-hetero) is 1. The molecule has 310 valence electrons. The zero-order valence-corrected chi connectivity index (χ0v) is 32.9. The van der Waals surface area contributed by atoms with E-state index in [4.69, 9.17) is 24.1 Å². The number of ketones is 1. The molecule has 0 aromatic rings. The third kappa shape index (κ3) is 41.5. The summed E-state index contributed by atoms with van der Waals surface area (Å²) in [5, 5.41) is 25.9. The average molecular weight is 762 g/mol. The number of amides is 3. The van der Waals surface area contributed by atoms with Crippen molar-refractivity contribution in [2.75, 3.05) is 65.9 Å². The summed E-state index contributed by atoms with van der Waals surface area (Å²) in [4.78, 5) is 68.9. The number of carboxylic acids is 2. The van der Waals surface area contributed by atoms with E-state index in [1.165, 1.54) is 51.9 Å². The van der Waals surface area contributed by atoms with E-state index in [1.807, 2.05) is 13.8 Å². The Bertz CT molecular complexity index is 951. The van der Waals surface area contributed by atoms with Crippen LogP contribution in [0.3, 0.4) is 0 Å². The highest BCUT2D eigenvalue weighted by Crippen LogP contribution is 2.14. The molecule has 0 rings (SSSR count). The summed E-state index contributed by atoms with van der Waals surface area (Å²) in [5.41, 5.74) is 0. The van der Waals surface area contributed by atoms with Crippen LogP contribution in [-0.2, 0) is 47.7 Å². The zero-order chi connectivity index (χ0) is 39.8. The Morgan fingerprint density at radius 1 is 0.491 bits per heavy atom. The van der Waals surface area contributed by atoms with Gasteiger partial charge in [0.2, 0.25) is 17.7 Å². The number of hydrogen-bond acceptors (Lipinski definition) is 10. The standard InChI is InChI=1S/C36H65N3O12.C2H6/c1-30(40)28-50-26-24-49-23-21-38-34(43)29-51-27-25-48-22-20-37-32(41)19-18-31(36(46)47)39-33(42)16-14-12-10-8-6-4-2-3-5-7-9-11-13-15-17-35(44)45;1-2/h31H,2-29H2,1H3,(H,37,41)(H,38,43)(H,39,42)(H,44,45)(H,46,47);1-2H3. The van der Waals surface area contributed by atoms with Gasteiger partial charge in [0.1, 0.15) is 19.3 Å². The van der Waals surface area contributed by atoms with Crippen LogP contribution in [0.15, 0.2) is 0 Å². The number of unbranched alkanes of at least 4 members (excludes halogenated alkanes) is 13. The predicted molar refractivity (Wildman–Crippen MR) is 202 cm³/mol. The van der Waals surface area contributed by atoms with Gasteiger partial charge in [0, 0.05) is 32.4 Å². The predicted octanol–water partition coefficient (Wildman–Crippen LogP) is 4.58. The highest BCUT2D eigenvalue weighted by Gasteiger charge is 2.20. The number of hydrogen-bond donors (Lipinski definition) is 5. The molecular formula is C38H71N3O12. The number of carboxylic acid groups (broad SMARTS) is 2. The molecule has 0 saturated heterocycles. The number of carbonyl (C=O) groups excluding carboxylic acids is 4. The van der Waals surface area contributed by atoms with Crippen LogP contribution in [0.4, 0.5) is 0 Å². The van der Waals surface area contributed by atoms with Crippen LogP contribution in [0, 0.1) is 0 Å². The lowest BCUT2D eigenvalue weighted by molar-refractivity contribution is -0.142. The van der Waals surface area contributed by atoms with Gasteiger partial charge in [-0.25, -0.2) is 4.79 Å². The van der Waals surface area contributed by atoms with E-state index < -0.39 is 18.0 Å². The lowest BCUT2D eigenvalue weighted by atomic mass is 10.0. The third-order valence-electron chi connectivity index (χ3n) is 7.76. The lowest BCUT2D eigenvalue weighted by Gasteiger charge is -2.14. The molecule has 0 radical (unpaired) electrons. The van der Waals surface area contributed by atoms with Gasteiger partial charge in [-0.15, -0.1) is 0 Å². The van der Waals surface area contributed by atoms with Gasteiger partial charge in [0.15, 0.2) is 5.78 Å². The fourth-order valence-electron chi connectivity index (χ4n) is 4.97. The minimum Gasteiger partial charge on any atom is -0.481 e. The van der Waals surface area contributed by atoms with Gasteiger partial charge in [-0.2, -0.15) is 0 Å². The Hall–Kier alpha value is -3.14. The second-order valence-corrected chi connectivity index (χ2v) is 12.6. The molecule has 0 aliphatic heterocycles. The molecule has 53 heavy (non-hydrogen) atoms. The van der Waals surface area contributed by atoms with Crippen molar-refractivity contribution in [1.29, 1.82) is 0 Å². The zero-order valence-electron chi connectivity index (χ0n) is 32.9. The van der Waals surface area contributed by atoms with Gasteiger partial charge < -0.3 is 45.1 Å². The Morgan fingerprint density at radius 3 is 1.36 bits per heavy atom. The van der Waals surface area contributed by atoms with E-state index in [0.717, 1.165) is 38.5 Å². The highest BCUT2D eigenvalue weighted by atomic mass is 16.5. The van der Waals surface area contributed by atoms with Crippen LogP contribution in [0.5, 0.6) is 0 Å². The van der Waals surface area contributed by atoms with E-state index >= 15 is 0 Å². The minimum absolute atomic E-state index is 0.0157. The Morgan fingerprint density at radius 2 is 0.906 bits per heavy atom. The molecule has 0 aromatic carbocycles. The Kier molecular flexibility index (Phi) is 39.3. The summed E-state index contributed by atoms with van der Waals surface area (Å²) in [6.45, 7) is 7.47. The van der Waals surface area contributed by atoms with Crippen molar-refractivity contribution in [2.24, 2.45) is 0 Å². The average Bonchev–Trinajstić information content (AvgIpc) is 3.12. The van der Waals surface area contributed by atoms with E-state index in [2.05, 4.69) is 16.0 Å². The molecule has 0 fully saturated rings. The van der Waals surface area contributed by atoms with Gasteiger partial charge in [0.05, 0.1) is 39.6 Å². The maximum atomic E-state index is 12.3. The van der Waals surface area contributed by atoms with Crippen molar-refractivity contribution in [3.05, 3.63) is 0 Å². The van der Waals surface area contributed by atoms with E-state index in [1.54, 1.807) is 0 Å². The van der Waals surface area contributed by atoms with Gasteiger partial charge in [0.25, 0.3) is 0 Å². The number of aliphatic carboxylic acids is 2. The first-order valence-electron chi connectivity index (χ1n) is 19.7. The van der Waals surface area contributed by atoms with Crippen molar-refractivity contribution in [3.8, 4) is 0 Å². The molecule has 3 amide bonds. The van der Waals surface area contributed by atoms with Gasteiger partial charge in [-0.1, -0.05) is 90.9 Å². The fraction of sp³-hybridized carbons (Fsp3) is 0.842. The van der Waals surface area contributed by atoms with Crippen molar-refractivity contribution in [2.45, 2.75) is 142 Å². The second kappa shape index (κ2) is 40.1. The number of nitrogens with one attached hydrogen (secondary N) is 3. The molecule has 0 bridgehead atoms. The van der Waals surface area contributed by atoms with Crippen molar-refractivity contribution < 1.29 is 57.9 Å². The summed E-state index contributed by atoms with van der Waals surface area (Å²) in [7, 11) is 0. The van der Waals surface area contributed by atoms with Crippen molar-refractivity contribution in [1.82, 2.24) is 16.0 Å². The molecule has 0 spiro atoms. The largest absolute Gasteiger partial charge is 0.481 e. The Balaban J connectivity index is 0. The first-order chi connectivity index (χ1) is 25.6. The molecule has 0 heterocycles. The van der Waals surface area contributed by atoms with Gasteiger partial charge in [-0.3, -0.25) is 24.0 Å². The van der Waals surface area contributed by atoms with Crippen molar-refractivity contribution >= 4 is 35.4 Å². The number of carbonyl (C=O) groups is 6. The maximum Gasteiger partial charge on any atom is 0.326 e. The molecule has 1 unspecified atom stereocenters. The number of ether oxygens (including phenoxy) is 4. The normalized spacial score (nSPS) is 11.2. The van der Waals surface area contributed by atoms with Crippen LogP contribution >= 0.6 is 0 Å². The number of rotatable bonds is 38. The summed E-state index contributed by atoms with van der Waals surface area (Å²) in [6, 6.07) is -1.13. The molecule has 15 heteroatoms. The van der Waals surface area contributed by atoms with E-state index in [-0.39, 0.29) is 88.8 Å². The van der Waals surface area contributed by atoms with Crippen LogP contribution in [0.1, 0.15) is 136 Å². The molecule has 0 saturated carbocycles. The third-order valence-corrected chi connectivity index (χ3v) is 7.76. The monoisotopic (exact) mass is 762 g/mol. The van der Waals surface area contributed by atoms with Crippen molar-refractivity contribution in [3.63, 3.8) is 0 Å². The molecule has 1 atom stereocenters. The SMILES string of the molecule is CC.CC(=O)COCCOCCNC(=O)COCCOCCNC(=O)CCC(NC(=O)CCCCCCCCCCCCCCCCC(=O)O)C(=O)O. The molecule has 0 aromatic heterocycles. The van der Waals surface area contributed by atoms with E-state index in [9.17, 15) is 33.9 Å². The molecule has 15 nitrogen and oxygen atoms in total. The quantitative estimate of drug-likeness (QED) is 0.0547. The first kappa shape index (κ1) is 52.0. The van der Waals surface area contributed by atoms with E-state index in [0.29, 0.717) is 32.8 Å². The van der Waals surface area contributed by atoms with Gasteiger partial charge in [-0.05, 0) is 26.2 Å². The Labute approximate surface area is 317 Å². The summed E-state index contributed by atoms with van der Waals surface area (Å²) >= 11 is 0. The smallest absolute Gasteiger partial charge is 0.326 e. The summed E-state index contributed by atoms with van der Waals surface area (Å²) < 4.78 is 20.9. The van der Waals surface area contributed by atoms with Crippen LogP contribution in [-0.4, -0.2) is 118 Å². The maximum absolute atomic E-state index is 12.3. The van der Waals surface area contributed by atoms with Crippen LogP contribution in [0.2, 0.25) is 0 Å². The molecular weight excluding hydrogens is 690 g/mol. The molecule has 0 aliphatic rings. The van der Waals surface area contributed by atoms with Crippen LogP contribution < -0.4 is 16.0 Å². The van der Waals surface area contributed by atoms with Gasteiger partial charge >= 0.3 is 11.9 Å². The lowest BCUT2D eigenvalue weighted by Crippen LogP contribution is -2.41. The topological polar surface area (TPSA) is 216 Å². The molecule has 0 aliphatic carbocycles. The summed E-state index contributed by atoms with van der Waals surface area (Å²) in [6.07, 6.45) is 15.6. The molecule has 5 N–H and O–H groups in total. The van der Waals surface area contributed by atoms with Crippen LogP contribution in [0.25, 0.3) is 0 Å². The minimum atomic E-state index is -1.18. The summed E-state index contributed by atoms with van der Waals surface area (Å²) in [5.74, 6) is -2.91. The first-order valence-corrected chi connectivity index (χ1v) is 19.7. The fourth-order valence-corrected chi connectivity index (χ4v) is 4.97. The highest BCUT2D eigenvalue weighted by molar-refractivity contribution is 5.84. The second-order valence-electron chi connectivity index (χ2n) is 12.6.